The second-order valence-electron chi connectivity index (χ2n) is 5.39. The number of rotatable bonds is 4. The van der Waals surface area contributed by atoms with Gasteiger partial charge in [-0.2, -0.15) is 0 Å². The van der Waals surface area contributed by atoms with Gasteiger partial charge in [0.2, 0.25) is 5.09 Å². The van der Waals surface area contributed by atoms with Crippen molar-refractivity contribution in [2.75, 3.05) is 19.6 Å². The van der Waals surface area contributed by atoms with E-state index in [0.717, 1.165) is 12.5 Å². The second kappa shape index (κ2) is 4.90. The first-order chi connectivity index (χ1) is 9.02. The van der Waals surface area contributed by atoms with E-state index in [9.17, 15) is 8.42 Å². The van der Waals surface area contributed by atoms with Crippen LogP contribution >= 0.6 is 0 Å². The Hall–Kier alpha value is -0.890. The molecule has 3 N–H and O–H groups in total. The standard InChI is InChI=1S/C12H19N3O3S/c13-19(16,17)12-2-1-10(18-12)7-14-11-8-15-5-3-9(11)4-6-15/h1-2,9,11,14H,3-8H2,(H2,13,16,17). The summed E-state index contributed by atoms with van der Waals surface area (Å²) in [5.74, 6) is 1.35. The highest BCUT2D eigenvalue weighted by Gasteiger charge is 2.33. The minimum Gasteiger partial charge on any atom is -0.447 e. The van der Waals surface area contributed by atoms with Crippen molar-refractivity contribution >= 4 is 10.0 Å². The minimum atomic E-state index is -3.74. The maximum absolute atomic E-state index is 11.1. The summed E-state index contributed by atoms with van der Waals surface area (Å²) in [5, 5.41) is 8.30. The molecule has 4 heterocycles. The van der Waals surface area contributed by atoms with Crippen molar-refractivity contribution < 1.29 is 12.8 Å². The predicted octanol–water partition coefficient (Wildman–Crippen LogP) is 0.111. The molecule has 1 unspecified atom stereocenters. The van der Waals surface area contributed by atoms with Gasteiger partial charge in [-0.25, -0.2) is 13.6 Å². The monoisotopic (exact) mass is 285 g/mol. The molecule has 4 rings (SSSR count). The van der Waals surface area contributed by atoms with Crippen LogP contribution in [-0.4, -0.2) is 39.0 Å². The molecule has 0 aliphatic carbocycles. The molecule has 1 atom stereocenters. The lowest BCUT2D eigenvalue weighted by molar-refractivity contribution is 0.0709. The van der Waals surface area contributed by atoms with E-state index < -0.39 is 10.0 Å². The third-order valence-corrected chi connectivity index (χ3v) is 4.89. The molecule has 0 saturated carbocycles. The Morgan fingerprint density at radius 3 is 2.63 bits per heavy atom. The highest BCUT2D eigenvalue weighted by molar-refractivity contribution is 7.89. The summed E-state index contributed by atoms with van der Waals surface area (Å²) in [4.78, 5) is 2.47. The van der Waals surface area contributed by atoms with E-state index in [1.165, 1.54) is 32.0 Å². The number of hydrogen-bond acceptors (Lipinski definition) is 5. The maximum Gasteiger partial charge on any atom is 0.271 e. The lowest BCUT2D eigenvalue weighted by Crippen LogP contribution is -2.55. The Morgan fingerprint density at radius 2 is 2.11 bits per heavy atom. The van der Waals surface area contributed by atoms with Crippen LogP contribution in [0.2, 0.25) is 0 Å². The van der Waals surface area contributed by atoms with E-state index in [0.29, 0.717) is 18.3 Å². The van der Waals surface area contributed by atoms with Crippen LogP contribution in [0, 0.1) is 5.92 Å². The van der Waals surface area contributed by atoms with E-state index >= 15 is 0 Å². The van der Waals surface area contributed by atoms with Crippen molar-refractivity contribution in [2.45, 2.75) is 30.5 Å². The number of furan rings is 1. The van der Waals surface area contributed by atoms with Gasteiger partial charge in [-0.3, -0.25) is 0 Å². The van der Waals surface area contributed by atoms with Gasteiger partial charge in [-0.1, -0.05) is 0 Å². The van der Waals surface area contributed by atoms with E-state index in [4.69, 9.17) is 9.56 Å². The van der Waals surface area contributed by atoms with Crippen molar-refractivity contribution in [1.29, 1.82) is 0 Å². The molecule has 106 valence electrons. The Labute approximate surface area is 113 Å². The molecule has 3 saturated heterocycles. The normalized spacial score (nSPS) is 30.7. The smallest absolute Gasteiger partial charge is 0.271 e. The summed E-state index contributed by atoms with van der Waals surface area (Å²) in [5.41, 5.74) is 0. The molecule has 2 bridgehead atoms. The molecule has 19 heavy (non-hydrogen) atoms. The van der Waals surface area contributed by atoms with Crippen molar-refractivity contribution in [2.24, 2.45) is 11.1 Å². The molecule has 0 aromatic carbocycles. The van der Waals surface area contributed by atoms with Gasteiger partial charge in [-0.15, -0.1) is 0 Å². The average Bonchev–Trinajstić information content (AvgIpc) is 2.86. The number of piperidine rings is 3. The van der Waals surface area contributed by atoms with E-state index in [1.54, 1.807) is 6.07 Å². The number of sulfonamides is 1. The van der Waals surface area contributed by atoms with Gasteiger partial charge in [0.25, 0.3) is 10.0 Å². The fourth-order valence-corrected chi connectivity index (χ4v) is 3.52. The average molecular weight is 285 g/mol. The van der Waals surface area contributed by atoms with Crippen molar-refractivity contribution in [3.8, 4) is 0 Å². The molecule has 0 radical (unpaired) electrons. The summed E-state index contributed by atoms with van der Waals surface area (Å²) in [6.45, 7) is 4.04. The lowest BCUT2D eigenvalue weighted by Gasteiger charge is -2.45. The van der Waals surface area contributed by atoms with Gasteiger partial charge in [0, 0.05) is 12.6 Å². The number of nitrogens with one attached hydrogen (secondary N) is 1. The number of nitrogens with two attached hydrogens (primary N) is 1. The zero-order valence-corrected chi connectivity index (χ0v) is 11.5. The van der Waals surface area contributed by atoms with Gasteiger partial charge >= 0.3 is 0 Å². The highest BCUT2D eigenvalue weighted by Crippen LogP contribution is 2.27. The van der Waals surface area contributed by atoms with Crippen molar-refractivity contribution in [1.82, 2.24) is 10.2 Å². The SMILES string of the molecule is NS(=O)(=O)c1ccc(CNC2CN3CCC2CC3)o1. The number of hydrogen-bond donors (Lipinski definition) is 2. The van der Waals surface area contributed by atoms with Crippen molar-refractivity contribution in [3.05, 3.63) is 17.9 Å². The largest absolute Gasteiger partial charge is 0.447 e. The van der Waals surface area contributed by atoms with Gasteiger partial charge in [-0.05, 0) is 44.0 Å². The number of nitrogens with zero attached hydrogens (tertiary/aromatic N) is 1. The van der Waals surface area contributed by atoms with Crippen LogP contribution in [0.3, 0.4) is 0 Å². The Balaban J connectivity index is 1.59. The molecule has 1 aromatic heterocycles. The van der Waals surface area contributed by atoms with Crippen LogP contribution in [0.4, 0.5) is 0 Å². The van der Waals surface area contributed by atoms with E-state index in [1.807, 2.05) is 0 Å². The second-order valence-corrected chi connectivity index (χ2v) is 6.88. The highest BCUT2D eigenvalue weighted by atomic mass is 32.2. The molecule has 0 spiro atoms. The topological polar surface area (TPSA) is 88.6 Å². The molecule has 0 amide bonds. The molecule has 3 aliphatic rings. The maximum atomic E-state index is 11.1. The van der Waals surface area contributed by atoms with Crippen LogP contribution in [0.25, 0.3) is 0 Å². The third-order valence-electron chi connectivity index (χ3n) is 4.11. The van der Waals surface area contributed by atoms with Crippen LogP contribution in [0.15, 0.2) is 21.6 Å². The fraction of sp³-hybridized carbons (Fsp3) is 0.667. The summed E-state index contributed by atoms with van der Waals surface area (Å²) >= 11 is 0. The molecule has 3 fully saturated rings. The summed E-state index contributed by atoms with van der Waals surface area (Å²) < 4.78 is 27.5. The fourth-order valence-electron chi connectivity index (χ4n) is 3.03. The van der Waals surface area contributed by atoms with Gasteiger partial charge in [0.05, 0.1) is 6.54 Å². The van der Waals surface area contributed by atoms with Gasteiger partial charge in [0.15, 0.2) is 0 Å². The number of primary sulfonamides is 1. The third kappa shape index (κ3) is 2.84. The Kier molecular flexibility index (Phi) is 3.38. The summed E-state index contributed by atoms with van der Waals surface area (Å²) in [6.07, 6.45) is 2.50. The molecule has 1 aromatic rings. The first kappa shape index (κ1) is 13.1. The first-order valence-electron chi connectivity index (χ1n) is 6.59. The molecular formula is C12H19N3O3S. The quantitative estimate of drug-likeness (QED) is 0.820. The Bertz CT molecular complexity index is 546. The summed E-state index contributed by atoms with van der Waals surface area (Å²) in [6, 6.07) is 3.54. The molecule has 6 nitrogen and oxygen atoms in total. The number of fused-ring (bicyclic) bond motifs is 3. The zero-order valence-electron chi connectivity index (χ0n) is 10.7. The van der Waals surface area contributed by atoms with E-state index in [-0.39, 0.29) is 5.09 Å². The van der Waals surface area contributed by atoms with Gasteiger partial charge < -0.3 is 14.6 Å². The molecule has 3 aliphatic heterocycles. The minimum absolute atomic E-state index is 0.168. The summed E-state index contributed by atoms with van der Waals surface area (Å²) in [7, 11) is -3.74. The van der Waals surface area contributed by atoms with E-state index in [2.05, 4.69) is 10.2 Å². The van der Waals surface area contributed by atoms with Crippen LogP contribution in [0.1, 0.15) is 18.6 Å². The van der Waals surface area contributed by atoms with Crippen LogP contribution in [-0.2, 0) is 16.6 Å². The molecular weight excluding hydrogens is 266 g/mol. The lowest BCUT2D eigenvalue weighted by atomic mass is 9.84. The first-order valence-corrected chi connectivity index (χ1v) is 8.14. The van der Waals surface area contributed by atoms with Crippen molar-refractivity contribution in [3.63, 3.8) is 0 Å². The Morgan fingerprint density at radius 1 is 1.37 bits per heavy atom. The van der Waals surface area contributed by atoms with Crippen LogP contribution in [0.5, 0.6) is 0 Å². The van der Waals surface area contributed by atoms with Crippen LogP contribution < -0.4 is 10.5 Å². The predicted molar refractivity (Wildman–Crippen MR) is 69.9 cm³/mol. The van der Waals surface area contributed by atoms with Gasteiger partial charge in [0.1, 0.15) is 5.76 Å². The molecule has 7 heteroatoms. The zero-order chi connectivity index (χ0) is 13.5.